The second kappa shape index (κ2) is 6.06. The van der Waals surface area contributed by atoms with Gasteiger partial charge in [0.2, 0.25) is 5.89 Å². The maximum absolute atomic E-state index is 13.8. The van der Waals surface area contributed by atoms with Crippen molar-refractivity contribution in [2.24, 2.45) is 0 Å². The number of benzene rings is 2. The molecule has 0 aliphatic carbocycles. The van der Waals surface area contributed by atoms with E-state index in [1.54, 1.807) is 18.3 Å². The van der Waals surface area contributed by atoms with Gasteiger partial charge in [-0.25, -0.2) is 9.37 Å². The van der Waals surface area contributed by atoms with E-state index >= 15 is 0 Å². The summed E-state index contributed by atoms with van der Waals surface area (Å²) in [5.74, 6) is 1.09. The molecule has 0 fully saturated rings. The highest BCUT2D eigenvalue weighted by atomic mass is 19.1. The van der Waals surface area contributed by atoms with Crippen molar-refractivity contribution in [1.82, 2.24) is 10.3 Å². The molecule has 3 nitrogen and oxygen atoms in total. The summed E-state index contributed by atoms with van der Waals surface area (Å²) in [7, 11) is 0. The second-order valence-electron chi connectivity index (χ2n) is 4.94. The van der Waals surface area contributed by atoms with Crippen LogP contribution in [0.2, 0.25) is 0 Å². The maximum atomic E-state index is 13.8. The first-order valence-electron chi connectivity index (χ1n) is 7.12. The third kappa shape index (κ3) is 2.81. The summed E-state index contributed by atoms with van der Waals surface area (Å²) >= 11 is 0. The summed E-state index contributed by atoms with van der Waals surface area (Å²) in [5.41, 5.74) is 0.862. The van der Waals surface area contributed by atoms with E-state index in [1.165, 1.54) is 6.07 Å². The molecule has 0 unspecified atom stereocenters. The van der Waals surface area contributed by atoms with Gasteiger partial charge in [0.15, 0.2) is 5.76 Å². The third-order valence-electron chi connectivity index (χ3n) is 3.39. The first-order chi connectivity index (χ1) is 10.3. The van der Waals surface area contributed by atoms with Crippen LogP contribution in [0.1, 0.15) is 19.2 Å². The summed E-state index contributed by atoms with van der Waals surface area (Å²) in [6.45, 7) is 3.64. The second-order valence-corrected chi connectivity index (χ2v) is 4.94. The van der Waals surface area contributed by atoms with E-state index < -0.39 is 0 Å². The van der Waals surface area contributed by atoms with E-state index in [2.05, 4.69) is 17.2 Å². The standard InChI is InChI=1S/C17H17FN2O/c1-2-9-19-11-17-20-10-16(21-17)14-7-8-15(18)13-6-4-3-5-12(13)14/h3-8,10,19H,2,9,11H2,1H3. The minimum Gasteiger partial charge on any atom is -0.439 e. The lowest BCUT2D eigenvalue weighted by Gasteiger charge is -2.04. The van der Waals surface area contributed by atoms with Crippen LogP contribution in [0.3, 0.4) is 0 Å². The molecule has 0 bridgehead atoms. The fourth-order valence-electron chi connectivity index (χ4n) is 2.37. The third-order valence-corrected chi connectivity index (χ3v) is 3.39. The first kappa shape index (κ1) is 13.8. The fraction of sp³-hybridized carbons (Fsp3) is 0.235. The summed E-state index contributed by atoms with van der Waals surface area (Å²) in [6, 6.07) is 10.6. The Labute approximate surface area is 122 Å². The molecule has 4 heteroatoms. The van der Waals surface area contributed by atoms with Gasteiger partial charge in [-0.05, 0) is 30.5 Å². The molecule has 0 aliphatic heterocycles. The van der Waals surface area contributed by atoms with E-state index in [0.717, 1.165) is 23.9 Å². The van der Waals surface area contributed by atoms with Crippen molar-refractivity contribution in [2.45, 2.75) is 19.9 Å². The van der Waals surface area contributed by atoms with Gasteiger partial charge in [-0.3, -0.25) is 0 Å². The Balaban J connectivity index is 1.96. The number of fused-ring (bicyclic) bond motifs is 1. The number of hydrogen-bond acceptors (Lipinski definition) is 3. The Bertz CT molecular complexity index is 751. The topological polar surface area (TPSA) is 38.1 Å². The zero-order valence-electron chi connectivity index (χ0n) is 11.9. The van der Waals surface area contributed by atoms with Crippen LogP contribution in [-0.2, 0) is 6.54 Å². The molecule has 0 spiro atoms. The molecular weight excluding hydrogens is 267 g/mol. The Hall–Kier alpha value is -2.20. The fourth-order valence-corrected chi connectivity index (χ4v) is 2.37. The highest BCUT2D eigenvalue weighted by Crippen LogP contribution is 2.30. The Morgan fingerprint density at radius 1 is 1.14 bits per heavy atom. The quantitative estimate of drug-likeness (QED) is 0.716. The number of rotatable bonds is 5. The Morgan fingerprint density at radius 3 is 2.76 bits per heavy atom. The van der Waals surface area contributed by atoms with E-state index in [1.807, 2.05) is 18.2 Å². The maximum Gasteiger partial charge on any atom is 0.208 e. The minimum absolute atomic E-state index is 0.223. The van der Waals surface area contributed by atoms with Crippen LogP contribution in [0.25, 0.3) is 22.1 Å². The highest BCUT2D eigenvalue weighted by molar-refractivity contribution is 5.95. The normalized spacial score (nSPS) is 11.1. The van der Waals surface area contributed by atoms with E-state index in [-0.39, 0.29) is 5.82 Å². The minimum atomic E-state index is -0.223. The van der Waals surface area contributed by atoms with Crippen molar-refractivity contribution in [3.8, 4) is 11.3 Å². The molecule has 21 heavy (non-hydrogen) atoms. The average Bonchev–Trinajstić information content (AvgIpc) is 2.97. The van der Waals surface area contributed by atoms with Crippen LogP contribution >= 0.6 is 0 Å². The molecule has 0 saturated heterocycles. The summed E-state index contributed by atoms with van der Waals surface area (Å²) in [6.07, 6.45) is 2.76. The zero-order valence-corrected chi connectivity index (χ0v) is 11.9. The van der Waals surface area contributed by atoms with E-state index in [0.29, 0.717) is 23.6 Å². The van der Waals surface area contributed by atoms with Gasteiger partial charge >= 0.3 is 0 Å². The van der Waals surface area contributed by atoms with Crippen LogP contribution in [-0.4, -0.2) is 11.5 Å². The van der Waals surface area contributed by atoms with E-state index in [9.17, 15) is 4.39 Å². The molecular formula is C17H17FN2O. The van der Waals surface area contributed by atoms with Gasteiger partial charge in [0.05, 0.1) is 12.7 Å². The molecule has 0 saturated carbocycles. The van der Waals surface area contributed by atoms with Crippen molar-refractivity contribution in [2.75, 3.05) is 6.54 Å². The summed E-state index contributed by atoms with van der Waals surface area (Å²) in [4.78, 5) is 4.27. The van der Waals surface area contributed by atoms with Crippen molar-refractivity contribution < 1.29 is 8.81 Å². The van der Waals surface area contributed by atoms with Crippen molar-refractivity contribution in [3.63, 3.8) is 0 Å². The van der Waals surface area contributed by atoms with Crippen molar-refractivity contribution in [1.29, 1.82) is 0 Å². The average molecular weight is 284 g/mol. The molecule has 1 aromatic heterocycles. The van der Waals surface area contributed by atoms with Gasteiger partial charge in [0.1, 0.15) is 5.82 Å². The lowest BCUT2D eigenvalue weighted by Crippen LogP contribution is -2.13. The summed E-state index contributed by atoms with van der Waals surface area (Å²) in [5, 5.41) is 4.68. The highest BCUT2D eigenvalue weighted by Gasteiger charge is 2.11. The predicted molar refractivity (Wildman–Crippen MR) is 81.4 cm³/mol. The van der Waals surface area contributed by atoms with Gasteiger partial charge < -0.3 is 9.73 Å². The number of oxazole rings is 1. The monoisotopic (exact) mass is 284 g/mol. The molecule has 1 heterocycles. The van der Waals surface area contributed by atoms with Gasteiger partial charge in [-0.15, -0.1) is 0 Å². The molecule has 0 radical (unpaired) electrons. The van der Waals surface area contributed by atoms with Crippen LogP contribution in [0, 0.1) is 5.82 Å². The number of aromatic nitrogens is 1. The lowest BCUT2D eigenvalue weighted by molar-refractivity contribution is 0.478. The molecule has 2 aromatic carbocycles. The zero-order chi connectivity index (χ0) is 14.7. The Morgan fingerprint density at radius 2 is 1.95 bits per heavy atom. The lowest BCUT2D eigenvalue weighted by atomic mass is 10.0. The molecule has 3 aromatic rings. The molecule has 0 amide bonds. The van der Waals surface area contributed by atoms with Gasteiger partial charge in [0.25, 0.3) is 0 Å². The van der Waals surface area contributed by atoms with Gasteiger partial charge in [0, 0.05) is 10.9 Å². The molecule has 3 rings (SSSR count). The van der Waals surface area contributed by atoms with Gasteiger partial charge in [-0.1, -0.05) is 31.2 Å². The van der Waals surface area contributed by atoms with Gasteiger partial charge in [-0.2, -0.15) is 0 Å². The van der Waals surface area contributed by atoms with E-state index in [4.69, 9.17) is 4.42 Å². The summed E-state index contributed by atoms with van der Waals surface area (Å²) < 4.78 is 19.6. The number of nitrogens with one attached hydrogen (secondary N) is 1. The van der Waals surface area contributed by atoms with Crippen LogP contribution in [0.5, 0.6) is 0 Å². The number of halogens is 1. The van der Waals surface area contributed by atoms with Crippen molar-refractivity contribution in [3.05, 3.63) is 54.3 Å². The van der Waals surface area contributed by atoms with Crippen molar-refractivity contribution >= 4 is 10.8 Å². The first-order valence-corrected chi connectivity index (χ1v) is 7.12. The van der Waals surface area contributed by atoms with Crippen LogP contribution < -0.4 is 5.32 Å². The molecule has 0 atom stereocenters. The Kier molecular flexibility index (Phi) is 3.97. The smallest absolute Gasteiger partial charge is 0.208 e. The van der Waals surface area contributed by atoms with Crippen LogP contribution in [0.15, 0.2) is 47.0 Å². The molecule has 108 valence electrons. The molecule has 1 N–H and O–H groups in total. The number of hydrogen-bond donors (Lipinski definition) is 1. The predicted octanol–water partition coefficient (Wildman–Crippen LogP) is 4.13. The number of nitrogens with zero attached hydrogens (tertiary/aromatic N) is 1. The SMILES string of the molecule is CCCNCc1ncc(-c2ccc(F)c3ccccc23)o1. The largest absolute Gasteiger partial charge is 0.439 e. The van der Waals surface area contributed by atoms with Crippen LogP contribution in [0.4, 0.5) is 4.39 Å². The molecule has 0 aliphatic rings.